The third-order valence-electron chi connectivity index (χ3n) is 2.90. The number of carbonyl (C=O) groups excluding carboxylic acids is 1. The fourth-order valence-corrected chi connectivity index (χ4v) is 2.54. The van der Waals surface area contributed by atoms with Crippen LogP contribution in [0.25, 0.3) is 11.1 Å². The van der Waals surface area contributed by atoms with Gasteiger partial charge in [0.05, 0.1) is 11.4 Å². The number of fused-ring (bicyclic) bond motifs is 1. The number of Topliss-reactive ketones (excluding diaryl/α,β-unsaturated/α-hetero) is 1. The number of oxazole rings is 1. The largest absolute Gasteiger partial charge is 0.440 e. The van der Waals surface area contributed by atoms with Crippen LogP contribution in [0.2, 0.25) is 5.02 Å². The van der Waals surface area contributed by atoms with E-state index in [1.54, 1.807) is 18.2 Å². The van der Waals surface area contributed by atoms with Crippen LogP contribution < -0.4 is 0 Å². The maximum atomic E-state index is 12.3. The lowest BCUT2D eigenvalue weighted by atomic mass is 10.1. The molecule has 100 valence electrons. The number of halogens is 2. The number of carbonyl (C=O) groups is 1. The topological polar surface area (TPSA) is 43.1 Å². The molecule has 3 nitrogen and oxygen atoms in total. The molecule has 0 spiro atoms. The van der Waals surface area contributed by atoms with Gasteiger partial charge in [0.25, 0.3) is 0 Å². The van der Waals surface area contributed by atoms with Gasteiger partial charge in [0.15, 0.2) is 11.4 Å². The third kappa shape index (κ3) is 2.49. The summed E-state index contributed by atoms with van der Waals surface area (Å²) in [5, 5.41) is 0.411. The van der Waals surface area contributed by atoms with E-state index in [4.69, 9.17) is 16.0 Å². The van der Waals surface area contributed by atoms with E-state index in [0.717, 1.165) is 5.52 Å². The Labute approximate surface area is 128 Å². The number of benzene rings is 2. The van der Waals surface area contributed by atoms with Gasteiger partial charge < -0.3 is 4.42 Å². The molecule has 3 rings (SSSR count). The fourth-order valence-electron chi connectivity index (χ4n) is 1.95. The first-order valence-corrected chi connectivity index (χ1v) is 7.14. The Bertz CT molecular complexity index is 764. The highest BCUT2D eigenvalue weighted by Crippen LogP contribution is 2.27. The van der Waals surface area contributed by atoms with Crippen LogP contribution in [0.1, 0.15) is 16.2 Å². The van der Waals surface area contributed by atoms with Crippen molar-refractivity contribution in [2.75, 3.05) is 0 Å². The third-order valence-corrected chi connectivity index (χ3v) is 4.20. The zero-order valence-electron chi connectivity index (χ0n) is 10.3. The Morgan fingerprint density at radius 2 is 2.00 bits per heavy atom. The van der Waals surface area contributed by atoms with Gasteiger partial charge in [-0.2, -0.15) is 0 Å². The molecule has 0 atom stereocenters. The minimum atomic E-state index is -0.122. The Balaban J connectivity index is 1.90. The minimum Gasteiger partial charge on any atom is -0.440 e. The van der Waals surface area contributed by atoms with Gasteiger partial charge in [0, 0.05) is 10.0 Å². The summed E-state index contributed by atoms with van der Waals surface area (Å²) in [6.45, 7) is 0. The van der Waals surface area contributed by atoms with E-state index in [9.17, 15) is 4.79 Å². The first-order valence-electron chi connectivity index (χ1n) is 5.97. The van der Waals surface area contributed by atoms with Gasteiger partial charge >= 0.3 is 0 Å². The van der Waals surface area contributed by atoms with Gasteiger partial charge in [0.2, 0.25) is 5.89 Å². The van der Waals surface area contributed by atoms with Crippen molar-refractivity contribution in [2.45, 2.75) is 6.42 Å². The van der Waals surface area contributed by atoms with E-state index in [-0.39, 0.29) is 12.2 Å². The van der Waals surface area contributed by atoms with E-state index in [2.05, 4.69) is 20.9 Å². The molecular weight excluding hydrogens is 342 g/mol. The molecule has 5 heteroatoms. The molecule has 0 radical (unpaired) electrons. The van der Waals surface area contributed by atoms with Gasteiger partial charge in [0.1, 0.15) is 5.52 Å². The van der Waals surface area contributed by atoms with E-state index in [1.165, 1.54) is 0 Å². The molecule has 0 N–H and O–H groups in total. The van der Waals surface area contributed by atoms with Crippen molar-refractivity contribution in [3.63, 3.8) is 0 Å². The Kier molecular flexibility index (Phi) is 3.59. The molecule has 0 aliphatic heterocycles. The molecule has 0 saturated heterocycles. The predicted molar refractivity (Wildman–Crippen MR) is 81.2 cm³/mol. The van der Waals surface area contributed by atoms with Crippen molar-refractivity contribution >= 4 is 44.4 Å². The molecule has 0 fully saturated rings. The summed E-state index contributed by atoms with van der Waals surface area (Å²) in [5.74, 6) is 0.273. The lowest BCUT2D eigenvalue weighted by Gasteiger charge is -2.03. The molecule has 3 aromatic rings. The standard InChI is InChI=1S/C15H9BrClNO2/c16-10-5-3-4-9(15(10)17)12(19)8-14-18-11-6-1-2-7-13(11)20-14/h1-7H,8H2. The highest BCUT2D eigenvalue weighted by Gasteiger charge is 2.16. The van der Waals surface area contributed by atoms with Crippen LogP contribution in [-0.2, 0) is 6.42 Å². The molecular formula is C15H9BrClNO2. The lowest BCUT2D eigenvalue weighted by Crippen LogP contribution is -2.04. The highest BCUT2D eigenvalue weighted by molar-refractivity contribution is 9.10. The van der Waals surface area contributed by atoms with Crippen molar-refractivity contribution in [3.8, 4) is 0 Å². The SMILES string of the molecule is O=C(Cc1nc2ccccc2o1)c1cccc(Br)c1Cl. The highest BCUT2D eigenvalue weighted by atomic mass is 79.9. The van der Waals surface area contributed by atoms with Crippen LogP contribution in [0, 0.1) is 0 Å². The molecule has 1 heterocycles. The second-order valence-electron chi connectivity index (χ2n) is 4.28. The quantitative estimate of drug-likeness (QED) is 0.645. The van der Waals surface area contributed by atoms with Crippen LogP contribution >= 0.6 is 27.5 Å². The number of hydrogen-bond donors (Lipinski definition) is 0. The number of para-hydroxylation sites is 2. The lowest BCUT2D eigenvalue weighted by molar-refractivity contribution is 0.0986. The molecule has 0 saturated carbocycles. The summed E-state index contributed by atoms with van der Waals surface area (Å²) in [4.78, 5) is 16.5. The zero-order valence-corrected chi connectivity index (χ0v) is 12.6. The number of ketones is 1. The van der Waals surface area contributed by atoms with Gasteiger partial charge in [-0.1, -0.05) is 29.8 Å². The number of nitrogens with zero attached hydrogens (tertiary/aromatic N) is 1. The zero-order chi connectivity index (χ0) is 14.1. The summed E-state index contributed by atoms with van der Waals surface area (Å²) in [6.07, 6.45) is 0.0881. The summed E-state index contributed by atoms with van der Waals surface area (Å²) < 4.78 is 6.24. The Hall–Kier alpha value is -1.65. The fraction of sp³-hybridized carbons (Fsp3) is 0.0667. The molecule has 20 heavy (non-hydrogen) atoms. The van der Waals surface area contributed by atoms with Gasteiger partial charge in [-0.3, -0.25) is 4.79 Å². The smallest absolute Gasteiger partial charge is 0.203 e. The molecule has 0 aliphatic rings. The van der Waals surface area contributed by atoms with Crippen molar-refractivity contribution in [1.29, 1.82) is 0 Å². The first kappa shape index (κ1) is 13.3. The van der Waals surface area contributed by atoms with E-state index >= 15 is 0 Å². The Morgan fingerprint density at radius 3 is 2.80 bits per heavy atom. The first-order chi connectivity index (χ1) is 9.65. The summed E-state index contributed by atoms with van der Waals surface area (Å²) in [5.41, 5.74) is 1.88. The molecule has 2 aromatic carbocycles. The van der Waals surface area contributed by atoms with Gasteiger partial charge in [-0.15, -0.1) is 0 Å². The number of hydrogen-bond acceptors (Lipinski definition) is 3. The van der Waals surface area contributed by atoms with Crippen molar-refractivity contribution in [2.24, 2.45) is 0 Å². The minimum absolute atomic E-state index is 0.0881. The second-order valence-corrected chi connectivity index (χ2v) is 5.51. The van der Waals surface area contributed by atoms with Crippen LogP contribution in [0.5, 0.6) is 0 Å². The molecule has 0 amide bonds. The number of rotatable bonds is 3. The monoisotopic (exact) mass is 349 g/mol. The van der Waals surface area contributed by atoms with E-state index < -0.39 is 0 Å². The molecule has 1 aromatic heterocycles. The Morgan fingerprint density at radius 1 is 1.20 bits per heavy atom. The second kappa shape index (κ2) is 5.38. The van der Waals surface area contributed by atoms with Crippen LogP contribution in [0.3, 0.4) is 0 Å². The average molecular weight is 351 g/mol. The van der Waals surface area contributed by atoms with Crippen LogP contribution in [0.15, 0.2) is 51.4 Å². The van der Waals surface area contributed by atoms with Crippen molar-refractivity contribution < 1.29 is 9.21 Å². The van der Waals surface area contributed by atoms with Crippen molar-refractivity contribution in [3.05, 3.63) is 63.4 Å². The van der Waals surface area contributed by atoms with Crippen molar-refractivity contribution in [1.82, 2.24) is 4.98 Å². The molecule has 0 aliphatic carbocycles. The van der Waals surface area contributed by atoms with Crippen LogP contribution in [-0.4, -0.2) is 10.8 Å². The molecule has 0 unspecified atom stereocenters. The predicted octanol–water partition coefficient (Wildman–Crippen LogP) is 4.67. The summed E-state index contributed by atoms with van der Waals surface area (Å²) >= 11 is 9.42. The maximum absolute atomic E-state index is 12.3. The summed E-state index contributed by atoms with van der Waals surface area (Å²) in [7, 11) is 0. The maximum Gasteiger partial charge on any atom is 0.203 e. The summed E-state index contributed by atoms with van der Waals surface area (Å²) in [6, 6.07) is 12.7. The normalized spacial score (nSPS) is 10.9. The van der Waals surface area contributed by atoms with Gasteiger partial charge in [-0.25, -0.2) is 4.98 Å². The van der Waals surface area contributed by atoms with E-state index in [0.29, 0.717) is 26.5 Å². The average Bonchev–Trinajstić information content (AvgIpc) is 2.83. The number of aromatic nitrogens is 1. The molecule has 0 bridgehead atoms. The van der Waals surface area contributed by atoms with Gasteiger partial charge in [-0.05, 0) is 40.2 Å². The van der Waals surface area contributed by atoms with Crippen LogP contribution in [0.4, 0.5) is 0 Å². The van der Waals surface area contributed by atoms with E-state index in [1.807, 2.05) is 24.3 Å².